The Labute approximate surface area is 141 Å². The molecule has 0 saturated carbocycles. The second kappa shape index (κ2) is 7.55. The van der Waals surface area contributed by atoms with Gasteiger partial charge in [-0.25, -0.2) is 9.67 Å². The van der Waals surface area contributed by atoms with Crippen molar-refractivity contribution in [3.05, 3.63) is 42.5 Å². The lowest BCUT2D eigenvalue weighted by Gasteiger charge is -2.35. The molecule has 1 aliphatic rings. The number of carbonyl (C=O) groups is 1. The van der Waals surface area contributed by atoms with Crippen molar-refractivity contribution in [2.24, 2.45) is 0 Å². The molecule has 0 radical (unpaired) electrons. The maximum Gasteiger partial charge on any atom is 0.251 e. The standard InChI is InChI=1S/C17H23N5O2/c1-13-9-21(10-14(2)24-13)8-7-19-17(23)15-3-5-16(6-4-15)22-12-18-11-20-22/h3-6,11-14H,7-10H2,1-2H3,(H,19,23)/t13-,14-/m0/s1. The monoisotopic (exact) mass is 329 g/mol. The largest absolute Gasteiger partial charge is 0.373 e. The zero-order chi connectivity index (χ0) is 16.9. The van der Waals surface area contributed by atoms with Gasteiger partial charge in [-0.05, 0) is 38.1 Å². The van der Waals surface area contributed by atoms with Crippen molar-refractivity contribution in [1.29, 1.82) is 0 Å². The van der Waals surface area contributed by atoms with E-state index in [0.29, 0.717) is 12.1 Å². The molecule has 3 rings (SSSR count). The van der Waals surface area contributed by atoms with Crippen LogP contribution in [-0.4, -0.2) is 64.0 Å². The molecule has 1 aromatic carbocycles. The number of morpholine rings is 1. The molecular weight excluding hydrogens is 306 g/mol. The van der Waals surface area contributed by atoms with Gasteiger partial charge in [-0.3, -0.25) is 9.69 Å². The van der Waals surface area contributed by atoms with E-state index in [2.05, 4.69) is 34.1 Å². The number of nitrogens with zero attached hydrogens (tertiary/aromatic N) is 4. The molecule has 24 heavy (non-hydrogen) atoms. The molecule has 1 saturated heterocycles. The van der Waals surface area contributed by atoms with Gasteiger partial charge in [0.25, 0.3) is 5.91 Å². The minimum atomic E-state index is -0.0607. The first-order chi connectivity index (χ1) is 11.6. The van der Waals surface area contributed by atoms with Gasteiger partial charge in [0, 0.05) is 31.7 Å². The molecule has 1 N–H and O–H groups in total. The van der Waals surface area contributed by atoms with E-state index in [1.54, 1.807) is 23.1 Å². The average Bonchev–Trinajstić information content (AvgIpc) is 3.08. The SMILES string of the molecule is C[C@H]1CN(CCNC(=O)c2ccc(-n3cncn3)cc2)C[C@H](C)O1. The minimum Gasteiger partial charge on any atom is -0.373 e. The van der Waals surface area contributed by atoms with Crippen LogP contribution in [0.15, 0.2) is 36.9 Å². The molecule has 7 nitrogen and oxygen atoms in total. The zero-order valence-corrected chi connectivity index (χ0v) is 14.1. The van der Waals surface area contributed by atoms with Crippen LogP contribution in [0.3, 0.4) is 0 Å². The summed E-state index contributed by atoms with van der Waals surface area (Å²) >= 11 is 0. The predicted molar refractivity (Wildman–Crippen MR) is 90.1 cm³/mol. The molecular formula is C17H23N5O2. The normalized spacial score (nSPS) is 21.6. The fourth-order valence-corrected chi connectivity index (χ4v) is 3.00. The van der Waals surface area contributed by atoms with Crippen LogP contribution in [0.2, 0.25) is 0 Å². The maximum atomic E-state index is 12.2. The molecule has 2 heterocycles. The number of hydrogen-bond donors (Lipinski definition) is 1. The number of carbonyl (C=O) groups excluding carboxylic acids is 1. The van der Waals surface area contributed by atoms with E-state index in [4.69, 9.17) is 4.74 Å². The Hall–Kier alpha value is -2.25. The van der Waals surface area contributed by atoms with Gasteiger partial charge in [0.15, 0.2) is 0 Å². The molecule has 0 spiro atoms. The first kappa shape index (κ1) is 16.6. The fourth-order valence-electron chi connectivity index (χ4n) is 3.00. The predicted octanol–water partition coefficient (Wildman–Crippen LogP) is 1.11. The Morgan fingerprint density at radius 3 is 2.58 bits per heavy atom. The van der Waals surface area contributed by atoms with E-state index in [-0.39, 0.29) is 18.1 Å². The van der Waals surface area contributed by atoms with Gasteiger partial charge in [-0.1, -0.05) is 0 Å². The smallest absolute Gasteiger partial charge is 0.251 e. The highest BCUT2D eigenvalue weighted by Crippen LogP contribution is 2.10. The van der Waals surface area contributed by atoms with Gasteiger partial charge in [-0.2, -0.15) is 5.10 Å². The number of nitrogens with one attached hydrogen (secondary N) is 1. The first-order valence-electron chi connectivity index (χ1n) is 8.23. The quantitative estimate of drug-likeness (QED) is 0.889. The van der Waals surface area contributed by atoms with E-state index in [1.165, 1.54) is 6.33 Å². The highest BCUT2D eigenvalue weighted by Gasteiger charge is 2.21. The molecule has 128 valence electrons. The maximum absolute atomic E-state index is 12.2. The van der Waals surface area contributed by atoms with Crippen LogP contribution in [0.25, 0.3) is 5.69 Å². The number of amides is 1. The summed E-state index contributed by atoms with van der Waals surface area (Å²) in [6, 6.07) is 7.31. The lowest BCUT2D eigenvalue weighted by Crippen LogP contribution is -2.47. The first-order valence-corrected chi connectivity index (χ1v) is 8.23. The van der Waals surface area contributed by atoms with Gasteiger partial charge in [-0.15, -0.1) is 0 Å². The lowest BCUT2D eigenvalue weighted by molar-refractivity contribution is -0.0672. The molecule has 1 fully saturated rings. The molecule has 2 atom stereocenters. The molecule has 1 amide bonds. The van der Waals surface area contributed by atoms with Crippen molar-refractivity contribution in [3.63, 3.8) is 0 Å². The van der Waals surface area contributed by atoms with Gasteiger partial charge in [0.1, 0.15) is 12.7 Å². The van der Waals surface area contributed by atoms with Crippen molar-refractivity contribution in [3.8, 4) is 5.69 Å². The van der Waals surface area contributed by atoms with E-state index in [0.717, 1.165) is 25.3 Å². The summed E-state index contributed by atoms with van der Waals surface area (Å²) in [5.41, 5.74) is 1.52. The summed E-state index contributed by atoms with van der Waals surface area (Å²) in [6.07, 6.45) is 3.59. The van der Waals surface area contributed by atoms with Gasteiger partial charge in [0.05, 0.1) is 17.9 Å². The summed E-state index contributed by atoms with van der Waals surface area (Å²) in [7, 11) is 0. The minimum absolute atomic E-state index is 0.0607. The van der Waals surface area contributed by atoms with Crippen molar-refractivity contribution in [1.82, 2.24) is 25.0 Å². The van der Waals surface area contributed by atoms with Crippen molar-refractivity contribution < 1.29 is 9.53 Å². The third-order valence-electron chi connectivity index (χ3n) is 4.02. The molecule has 0 bridgehead atoms. The fraction of sp³-hybridized carbons (Fsp3) is 0.471. The molecule has 1 aliphatic heterocycles. The molecule has 7 heteroatoms. The average molecular weight is 329 g/mol. The van der Waals surface area contributed by atoms with Crippen LogP contribution in [0.5, 0.6) is 0 Å². The van der Waals surface area contributed by atoms with Gasteiger partial charge in [0.2, 0.25) is 0 Å². The topological polar surface area (TPSA) is 72.3 Å². The summed E-state index contributed by atoms with van der Waals surface area (Å²) in [4.78, 5) is 18.5. The third-order valence-corrected chi connectivity index (χ3v) is 4.02. The molecule has 2 aromatic rings. The van der Waals surface area contributed by atoms with Crippen LogP contribution in [0.1, 0.15) is 24.2 Å². The van der Waals surface area contributed by atoms with Crippen molar-refractivity contribution in [2.45, 2.75) is 26.1 Å². The molecule has 0 unspecified atom stereocenters. The number of aromatic nitrogens is 3. The Balaban J connectivity index is 1.48. The Kier molecular flexibility index (Phi) is 5.22. The summed E-state index contributed by atoms with van der Waals surface area (Å²) in [6.45, 7) is 7.44. The van der Waals surface area contributed by atoms with E-state index < -0.39 is 0 Å². The second-order valence-electron chi connectivity index (χ2n) is 6.16. The third kappa shape index (κ3) is 4.18. The molecule has 1 aromatic heterocycles. The van der Waals surface area contributed by atoms with Crippen LogP contribution in [0.4, 0.5) is 0 Å². The van der Waals surface area contributed by atoms with Gasteiger partial charge < -0.3 is 10.1 Å². The van der Waals surface area contributed by atoms with Crippen LogP contribution >= 0.6 is 0 Å². The van der Waals surface area contributed by atoms with Gasteiger partial charge >= 0.3 is 0 Å². The second-order valence-corrected chi connectivity index (χ2v) is 6.16. The van der Waals surface area contributed by atoms with E-state index >= 15 is 0 Å². The van der Waals surface area contributed by atoms with Crippen molar-refractivity contribution >= 4 is 5.91 Å². The van der Waals surface area contributed by atoms with Crippen LogP contribution in [-0.2, 0) is 4.74 Å². The number of rotatable bonds is 5. The number of hydrogen-bond acceptors (Lipinski definition) is 5. The number of benzene rings is 1. The summed E-state index contributed by atoms with van der Waals surface area (Å²) < 4.78 is 7.37. The lowest BCUT2D eigenvalue weighted by atomic mass is 10.2. The highest BCUT2D eigenvalue weighted by molar-refractivity contribution is 5.94. The Morgan fingerprint density at radius 2 is 1.96 bits per heavy atom. The van der Waals surface area contributed by atoms with Crippen LogP contribution in [0, 0.1) is 0 Å². The highest BCUT2D eigenvalue weighted by atomic mass is 16.5. The van der Waals surface area contributed by atoms with Crippen LogP contribution < -0.4 is 5.32 Å². The number of ether oxygens (including phenoxy) is 1. The van der Waals surface area contributed by atoms with E-state index in [1.807, 2.05) is 12.1 Å². The summed E-state index contributed by atoms with van der Waals surface area (Å²) in [5.74, 6) is -0.0607. The van der Waals surface area contributed by atoms with E-state index in [9.17, 15) is 4.79 Å². The van der Waals surface area contributed by atoms with Crippen molar-refractivity contribution in [2.75, 3.05) is 26.2 Å². The molecule has 0 aliphatic carbocycles. The zero-order valence-electron chi connectivity index (χ0n) is 14.1. The Bertz CT molecular complexity index is 646. The summed E-state index contributed by atoms with van der Waals surface area (Å²) in [5, 5.41) is 7.04. The Morgan fingerprint density at radius 1 is 1.25 bits per heavy atom.